The van der Waals surface area contributed by atoms with E-state index in [-0.39, 0.29) is 24.0 Å². The summed E-state index contributed by atoms with van der Waals surface area (Å²) in [5.74, 6) is 0.105. The maximum absolute atomic E-state index is 12.1. The monoisotopic (exact) mass is 336 g/mol. The summed E-state index contributed by atoms with van der Waals surface area (Å²) in [5, 5.41) is 8.59. The Kier molecular flexibility index (Phi) is 10.3. The van der Waals surface area contributed by atoms with E-state index in [9.17, 15) is 14.4 Å². The topological polar surface area (TPSA) is 71.4 Å². The summed E-state index contributed by atoms with van der Waals surface area (Å²) in [5.41, 5.74) is 0. The Hall–Kier alpha value is -1.45. The summed E-state index contributed by atoms with van der Waals surface area (Å²) in [6, 6.07) is 0. The van der Waals surface area contributed by atoms with Crippen LogP contribution in [0.4, 0.5) is 0 Å². The number of carboxylic acids is 1. The van der Waals surface area contributed by atoms with Crippen LogP contribution in [-0.4, -0.2) is 22.6 Å². The largest absolute Gasteiger partial charge is 0.481 e. The van der Waals surface area contributed by atoms with Gasteiger partial charge in [-0.05, 0) is 37.7 Å². The van der Waals surface area contributed by atoms with Crippen LogP contribution in [0.2, 0.25) is 0 Å². The van der Waals surface area contributed by atoms with Gasteiger partial charge in [0.05, 0.1) is 0 Å². The van der Waals surface area contributed by atoms with Gasteiger partial charge in [-0.1, -0.05) is 45.1 Å². The van der Waals surface area contributed by atoms with E-state index in [1.807, 2.05) is 6.08 Å². The summed E-state index contributed by atoms with van der Waals surface area (Å²) in [4.78, 5) is 34.2. The van der Waals surface area contributed by atoms with Crippen LogP contribution in [0.3, 0.4) is 0 Å². The van der Waals surface area contributed by atoms with Crippen molar-refractivity contribution in [2.45, 2.75) is 84.0 Å². The Morgan fingerprint density at radius 2 is 1.79 bits per heavy atom. The zero-order chi connectivity index (χ0) is 17.8. The molecule has 0 heterocycles. The van der Waals surface area contributed by atoms with Crippen molar-refractivity contribution in [2.24, 2.45) is 11.8 Å². The van der Waals surface area contributed by atoms with Crippen LogP contribution in [0.1, 0.15) is 84.0 Å². The van der Waals surface area contributed by atoms with Gasteiger partial charge in [0.25, 0.3) is 0 Å². The molecule has 0 saturated heterocycles. The maximum Gasteiger partial charge on any atom is 0.303 e. The molecule has 1 aliphatic carbocycles. The molecule has 0 aromatic rings. The van der Waals surface area contributed by atoms with Crippen LogP contribution >= 0.6 is 0 Å². The molecule has 2 atom stereocenters. The number of hydrogen-bond donors (Lipinski definition) is 1. The average Bonchev–Trinajstić information content (AvgIpc) is 2.90. The van der Waals surface area contributed by atoms with Crippen LogP contribution < -0.4 is 0 Å². The molecule has 1 fully saturated rings. The number of carbonyl (C=O) groups excluding carboxylic acids is 2. The zero-order valence-electron chi connectivity index (χ0n) is 15.0. The molecule has 1 saturated carbocycles. The van der Waals surface area contributed by atoms with Crippen molar-refractivity contribution >= 4 is 17.5 Å². The van der Waals surface area contributed by atoms with Gasteiger partial charge in [-0.3, -0.25) is 14.4 Å². The molecule has 0 aromatic carbocycles. The minimum Gasteiger partial charge on any atom is -0.481 e. The summed E-state index contributed by atoms with van der Waals surface area (Å²) >= 11 is 0. The first kappa shape index (κ1) is 20.6. The molecular weight excluding hydrogens is 304 g/mol. The lowest BCUT2D eigenvalue weighted by Crippen LogP contribution is -2.13. The Balaban J connectivity index is 2.26. The quantitative estimate of drug-likeness (QED) is 0.390. The van der Waals surface area contributed by atoms with Gasteiger partial charge in [0.1, 0.15) is 5.78 Å². The van der Waals surface area contributed by atoms with E-state index in [2.05, 4.69) is 6.92 Å². The van der Waals surface area contributed by atoms with Gasteiger partial charge in [0.15, 0.2) is 5.78 Å². The van der Waals surface area contributed by atoms with Crippen molar-refractivity contribution in [1.82, 2.24) is 0 Å². The van der Waals surface area contributed by atoms with Crippen molar-refractivity contribution in [3.05, 3.63) is 12.2 Å². The fraction of sp³-hybridized carbons (Fsp3) is 0.750. The number of rotatable bonds is 13. The molecule has 24 heavy (non-hydrogen) atoms. The third-order valence-corrected chi connectivity index (χ3v) is 4.87. The number of Topliss-reactive ketones (excluding diaryl/α,β-unsaturated/α-hetero) is 1. The first-order valence-electron chi connectivity index (χ1n) is 9.50. The van der Waals surface area contributed by atoms with Gasteiger partial charge in [-0.15, -0.1) is 0 Å². The van der Waals surface area contributed by atoms with Gasteiger partial charge in [0, 0.05) is 25.2 Å². The summed E-state index contributed by atoms with van der Waals surface area (Å²) in [6.45, 7) is 2.07. The van der Waals surface area contributed by atoms with Crippen LogP contribution in [-0.2, 0) is 14.4 Å². The van der Waals surface area contributed by atoms with Gasteiger partial charge in [0.2, 0.25) is 0 Å². The molecule has 0 bridgehead atoms. The molecule has 0 radical (unpaired) electrons. The predicted octanol–water partition coefficient (Wildman–Crippen LogP) is 4.71. The smallest absolute Gasteiger partial charge is 0.303 e. The van der Waals surface area contributed by atoms with Crippen molar-refractivity contribution in [3.63, 3.8) is 0 Å². The number of aliphatic carboxylic acids is 1. The highest BCUT2D eigenvalue weighted by Gasteiger charge is 2.32. The third kappa shape index (κ3) is 8.42. The minimum atomic E-state index is -0.727. The molecule has 0 aromatic heterocycles. The van der Waals surface area contributed by atoms with E-state index < -0.39 is 5.97 Å². The van der Waals surface area contributed by atoms with Crippen molar-refractivity contribution in [2.75, 3.05) is 0 Å². The van der Waals surface area contributed by atoms with E-state index in [1.54, 1.807) is 6.08 Å². The number of carbonyl (C=O) groups is 3. The molecule has 1 aliphatic rings. The number of unbranched alkanes of at least 4 members (excludes halogenated alkanes) is 5. The van der Waals surface area contributed by atoms with E-state index in [0.29, 0.717) is 18.6 Å². The van der Waals surface area contributed by atoms with E-state index >= 15 is 0 Å². The fourth-order valence-electron chi connectivity index (χ4n) is 3.38. The van der Waals surface area contributed by atoms with Crippen molar-refractivity contribution in [3.8, 4) is 0 Å². The zero-order valence-corrected chi connectivity index (χ0v) is 15.0. The lowest BCUT2D eigenvalue weighted by molar-refractivity contribution is -0.137. The molecule has 1 rings (SSSR count). The third-order valence-electron chi connectivity index (χ3n) is 4.87. The highest BCUT2D eigenvalue weighted by molar-refractivity contribution is 5.90. The fourth-order valence-corrected chi connectivity index (χ4v) is 3.38. The number of ketones is 2. The summed E-state index contributed by atoms with van der Waals surface area (Å²) in [6.07, 6.45) is 13.7. The SMILES string of the molecule is CCCCC(=O)C=CC1CCC(=O)C1CCCCCCCC(=O)O. The molecular formula is C20H32O4. The Bertz CT molecular complexity index is 439. The second kappa shape index (κ2) is 12.0. The average molecular weight is 336 g/mol. The lowest BCUT2D eigenvalue weighted by atomic mass is 9.89. The Morgan fingerprint density at radius 1 is 1.08 bits per heavy atom. The molecule has 0 aliphatic heterocycles. The van der Waals surface area contributed by atoms with E-state index in [4.69, 9.17) is 5.11 Å². The van der Waals surface area contributed by atoms with Crippen LogP contribution in [0.25, 0.3) is 0 Å². The van der Waals surface area contributed by atoms with Crippen LogP contribution in [0, 0.1) is 11.8 Å². The highest BCUT2D eigenvalue weighted by atomic mass is 16.4. The lowest BCUT2D eigenvalue weighted by Gasteiger charge is -2.14. The first-order valence-corrected chi connectivity index (χ1v) is 9.50. The van der Waals surface area contributed by atoms with Gasteiger partial charge in [-0.2, -0.15) is 0 Å². The number of hydrogen-bond acceptors (Lipinski definition) is 3. The van der Waals surface area contributed by atoms with Gasteiger partial charge in [-0.25, -0.2) is 0 Å². The molecule has 0 spiro atoms. The standard InChI is InChI=1S/C20H32O4/c1-2-3-9-17(21)14-12-16-13-15-19(22)18(16)10-7-5-4-6-8-11-20(23)24/h12,14,16,18H,2-11,13,15H2,1H3,(H,23,24). The highest BCUT2D eigenvalue weighted by Crippen LogP contribution is 2.33. The van der Waals surface area contributed by atoms with E-state index in [0.717, 1.165) is 57.8 Å². The van der Waals surface area contributed by atoms with Gasteiger partial charge < -0.3 is 5.11 Å². The molecule has 4 nitrogen and oxygen atoms in total. The summed E-state index contributed by atoms with van der Waals surface area (Å²) in [7, 11) is 0. The number of allylic oxidation sites excluding steroid dienone is 2. The van der Waals surface area contributed by atoms with Crippen LogP contribution in [0.15, 0.2) is 12.2 Å². The number of carboxylic acid groups (broad SMARTS) is 1. The van der Waals surface area contributed by atoms with Gasteiger partial charge >= 0.3 is 5.97 Å². The first-order chi connectivity index (χ1) is 11.5. The molecule has 136 valence electrons. The van der Waals surface area contributed by atoms with Crippen molar-refractivity contribution in [1.29, 1.82) is 0 Å². The molecule has 2 unspecified atom stereocenters. The van der Waals surface area contributed by atoms with E-state index in [1.165, 1.54) is 0 Å². The second-order valence-corrected chi connectivity index (χ2v) is 6.90. The Morgan fingerprint density at radius 3 is 2.50 bits per heavy atom. The van der Waals surface area contributed by atoms with Crippen LogP contribution in [0.5, 0.6) is 0 Å². The summed E-state index contributed by atoms with van der Waals surface area (Å²) < 4.78 is 0. The maximum atomic E-state index is 12.1. The molecule has 4 heteroatoms. The minimum absolute atomic E-state index is 0.0826. The second-order valence-electron chi connectivity index (χ2n) is 6.90. The Labute approximate surface area is 145 Å². The predicted molar refractivity (Wildman–Crippen MR) is 94.8 cm³/mol. The van der Waals surface area contributed by atoms with Crippen molar-refractivity contribution < 1.29 is 19.5 Å². The normalized spacial score (nSPS) is 20.8. The molecule has 0 amide bonds. The molecule has 1 N–H and O–H groups in total.